The minimum Gasteiger partial charge on any atom is -0.481 e. The van der Waals surface area contributed by atoms with Gasteiger partial charge in [0.05, 0.1) is 5.41 Å². The van der Waals surface area contributed by atoms with Crippen molar-refractivity contribution in [3.8, 4) is 0 Å². The maximum Gasteiger partial charge on any atom is 0.314 e. The van der Waals surface area contributed by atoms with Gasteiger partial charge in [-0.15, -0.1) is 0 Å². The molecule has 1 saturated heterocycles. The summed E-state index contributed by atoms with van der Waals surface area (Å²) in [5.41, 5.74) is 0.518. The summed E-state index contributed by atoms with van der Waals surface area (Å²) in [6.07, 6.45) is 1.48. The van der Waals surface area contributed by atoms with Crippen LogP contribution in [0.25, 0.3) is 0 Å². The van der Waals surface area contributed by atoms with Gasteiger partial charge in [0.2, 0.25) is 11.8 Å². The molecule has 1 aliphatic carbocycles. The van der Waals surface area contributed by atoms with Gasteiger partial charge < -0.3 is 10.0 Å². The molecule has 1 aromatic rings. The molecule has 2 aliphatic heterocycles. The average molecular weight is 363 g/mol. The van der Waals surface area contributed by atoms with Gasteiger partial charge in [-0.2, -0.15) is 0 Å². The molecule has 4 rings (SSSR count). The smallest absolute Gasteiger partial charge is 0.314 e. The fraction of sp³-hybridized carbons (Fsp3) is 0.412. The maximum absolute atomic E-state index is 12.8. The number of carboxylic acid groups (broad SMARTS) is 1. The van der Waals surface area contributed by atoms with Crippen LogP contribution in [0.3, 0.4) is 0 Å². The first-order chi connectivity index (χ1) is 11.8. The number of amides is 3. The molecule has 8 heteroatoms. The fourth-order valence-corrected chi connectivity index (χ4v) is 3.92. The number of carboxylic acids is 1. The highest BCUT2D eigenvalue weighted by Crippen LogP contribution is 2.50. The predicted octanol–water partition coefficient (Wildman–Crippen LogP) is 1.22. The Labute approximate surface area is 147 Å². The van der Waals surface area contributed by atoms with E-state index in [0.717, 1.165) is 0 Å². The van der Waals surface area contributed by atoms with Crippen LogP contribution < -0.4 is 5.32 Å². The summed E-state index contributed by atoms with van der Waals surface area (Å²) in [5.74, 6) is -2.11. The number of aliphatic carboxylic acids is 1. The van der Waals surface area contributed by atoms with Crippen molar-refractivity contribution in [3.05, 3.63) is 33.8 Å². The van der Waals surface area contributed by atoms with Crippen molar-refractivity contribution < 1.29 is 24.3 Å². The van der Waals surface area contributed by atoms with Gasteiger partial charge in [0.25, 0.3) is 5.91 Å². The van der Waals surface area contributed by atoms with Crippen molar-refractivity contribution in [2.45, 2.75) is 43.7 Å². The Kier molecular flexibility index (Phi) is 3.40. The third kappa shape index (κ3) is 2.33. The first-order valence-corrected chi connectivity index (χ1v) is 8.42. The largest absolute Gasteiger partial charge is 0.481 e. The zero-order valence-electron chi connectivity index (χ0n) is 13.2. The molecule has 1 aromatic carbocycles. The number of halogens is 1. The summed E-state index contributed by atoms with van der Waals surface area (Å²) in [6, 6.07) is 2.49. The normalized spacial score (nSPS) is 24.1. The van der Waals surface area contributed by atoms with Crippen molar-refractivity contribution in [2.24, 2.45) is 0 Å². The predicted molar refractivity (Wildman–Crippen MR) is 86.0 cm³/mol. The second-order valence-electron chi connectivity index (χ2n) is 6.77. The number of benzene rings is 1. The van der Waals surface area contributed by atoms with Gasteiger partial charge in [-0.25, -0.2) is 0 Å². The van der Waals surface area contributed by atoms with Crippen LogP contribution in [-0.2, 0) is 26.3 Å². The van der Waals surface area contributed by atoms with Gasteiger partial charge in [0, 0.05) is 29.1 Å². The lowest BCUT2D eigenvalue weighted by Crippen LogP contribution is -2.52. The molecular weight excluding hydrogens is 348 g/mol. The number of rotatable bonds is 3. The van der Waals surface area contributed by atoms with E-state index in [2.05, 4.69) is 5.32 Å². The van der Waals surface area contributed by atoms with Crippen molar-refractivity contribution in [1.29, 1.82) is 0 Å². The van der Waals surface area contributed by atoms with Crippen LogP contribution in [0.15, 0.2) is 12.1 Å². The molecule has 25 heavy (non-hydrogen) atoms. The molecule has 2 fully saturated rings. The Morgan fingerprint density at radius 1 is 1.28 bits per heavy atom. The Bertz CT molecular complexity index is 846. The number of piperidine rings is 1. The van der Waals surface area contributed by atoms with E-state index in [1.54, 1.807) is 12.1 Å². The van der Waals surface area contributed by atoms with Gasteiger partial charge >= 0.3 is 5.97 Å². The van der Waals surface area contributed by atoms with Crippen LogP contribution in [0, 0.1) is 0 Å². The lowest BCUT2D eigenvalue weighted by atomic mass is 9.93. The quantitative estimate of drug-likeness (QED) is 0.787. The molecule has 1 atom stereocenters. The third-order valence-electron chi connectivity index (χ3n) is 5.31. The summed E-state index contributed by atoms with van der Waals surface area (Å²) in [6.45, 7) is 0.180. The van der Waals surface area contributed by atoms with Crippen LogP contribution in [0.5, 0.6) is 0 Å². The highest BCUT2D eigenvalue weighted by Gasteiger charge is 2.52. The first kappa shape index (κ1) is 16.1. The van der Waals surface area contributed by atoms with Crippen molar-refractivity contribution in [1.82, 2.24) is 10.2 Å². The van der Waals surface area contributed by atoms with E-state index >= 15 is 0 Å². The van der Waals surface area contributed by atoms with Crippen LogP contribution in [0.4, 0.5) is 0 Å². The van der Waals surface area contributed by atoms with E-state index in [0.29, 0.717) is 34.6 Å². The number of carbonyl (C=O) groups is 4. The molecule has 2 heterocycles. The van der Waals surface area contributed by atoms with E-state index < -0.39 is 23.3 Å². The molecule has 7 nitrogen and oxygen atoms in total. The molecule has 0 radical (unpaired) electrons. The van der Waals surface area contributed by atoms with Crippen LogP contribution in [-0.4, -0.2) is 39.7 Å². The Balaban J connectivity index is 1.68. The molecule has 0 aromatic heterocycles. The van der Waals surface area contributed by atoms with Crippen molar-refractivity contribution in [2.75, 3.05) is 0 Å². The molecule has 3 aliphatic rings. The van der Waals surface area contributed by atoms with E-state index in [9.17, 15) is 24.3 Å². The van der Waals surface area contributed by atoms with E-state index in [-0.39, 0.29) is 31.2 Å². The molecular formula is C17H15ClN2O5. The lowest BCUT2D eigenvalue weighted by molar-refractivity contribution is -0.140. The standard InChI is InChI=1S/C17H15ClN2O5/c18-11-6-8(17(3-4-17)16(24)25)5-9-10(11)7-20(15(9)23)12-1-2-13(21)19-14(12)22/h5-6,12H,1-4,7H2,(H,24,25)(H,19,21,22). The Morgan fingerprint density at radius 3 is 2.60 bits per heavy atom. The topological polar surface area (TPSA) is 104 Å². The number of carbonyl (C=O) groups excluding carboxylic acids is 3. The molecule has 0 bridgehead atoms. The van der Waals surface area contributed by atoms with Gasteiger partial charge in [-0.05, 0) is 37.0 Å². The lowest BCUT2D eigenvalue weighted by Gasteiger charge is -2.29. The SMILES string of the molecule is O=C1CCC(N2Cc3c(Cl)cc(C4(C(=O)O)CC4)cc3C2=O)C(=O)N1. The number of nitrogens with one attached hydrogen (secondary N) is 1. The molecule has 0 spiro atoms. The highest BCUT2D eigenvalue weighted by atomic mass is 35.5. The minimum atomic E-state index is -0.957. The van der Waals surface area contributed by atoms with Crippen LogP contribution in [0.2, 0.25) is 5.02 Å². The van der Waals surface area contributed by atoms with E-state index in [1.807, 2.05) is 0 Å². The van der Waals surface area contributed by atoms with Gasteiger partial charge in [-0.1, -0.05) is 11.6 Å². The average Bonchev–Trinajstić information content (AvgIpc) is 3.29. The number of hydrogen-bond acceptors (Lipinski definition) is 4. The van der Waals surface area contributed by atoms with E-state index in [4.69, 9.17) is 11.6 Å². The second-order valence-corrected chi connectivity index (χ2v) is 7.18. The third-order valence-corrected chi connectivity index (χ3v) is 5.65. The van der Waals surface area contributed by atoms with Crippen molar-refractivity contribution in [3.63, 3.8) is 0 Å². The summed E-state index contributed by atoms with van der Waals surface area (Å²) in [5, 5.41) is 12.0. The second kappa shape index (κ2) is 5.29. The maximum atomic E-state index is 12.8. The molecule has 3 amide bonds. The summed E-state index contributed by atoms with van der Waals surface area (Å²) >= 11 is 6.32. The van der Waals surface area contributed by atoms with Crippen LogP contribution >= 0.6 is 11.6 Å². The molecule has 130 valence electrons. The van der Waals surface area contributed by atoms with Gasteiger partial charge in [-0.3, -0.25) is 24.5 Å². The first-order valence-electron chi connectivity index (χ1n) is 8.04. The molecule has 2 N–H and O–H groups in total. The zero-order valence-corrected chi connectivity index (χ0v) is 13.9. The minimum absolute atomic E-state index is 0.178. The number of imide groups is 1. The summed E-state index contributed by atoms with van der Waals surface area (Å²) in [4.78, 5) is 49.1. The fourth-order valence-electron chi connectivity index (χ4n) is 3.64. The summed E-state index contributed by atoms with van der Waals surface area (Å²) in [7, 11) is 0. The number of hydrogen-bond donors (Lipinski definition) is 2. The number of nitrogens with zero attached hydrogens (tertiary/aromatic N) is 1. The Morgan fingerprint density at radius 2 is 2.00 bits per heavy atom. The summed E-state index contributed by atoms with van der Waals surface area (Å²) < 4.78 is 0. The van der Waals surface area contributed by atoms with Crippen molar-refractivity contribution >= 4 is 35.3 Å². The van der Waals surface area contributed by atoms with Gasteiger partial charge in [0.1, 0.15) is 6.04 Å². The monoisotopic (exact) mass is 362 g/mol. The Hall–Kier alpha value is -2.41. The van der Waals surface area contributed by atoms with Gasteiger partial charge in [0.15, 0.2) is 0 Å². The molecule has 1 saturated carbocycles. The zero-order chi connectivity index (χ0) is 17.9. The highest BCUT2D eigenvalue weighted by molar-refractivity contribution is 6.32. The number of fused-ring (bicyclic) bond motifs is 1. The molecule has 1 unspecified atom stereocenters. The van der Waals surface area contributed by atoms with Crippen LogP contribution in [0.1, 0.15) is 47.2 Å². The van der Waals surface area contributed by atoms with E-state index in [1.165, 1.54) is 4.90 Å².